The smallest absolute Gasteiger partial charge is 0.295 e. The van der Waals surface area contributed by atoms with Crippen LogP contribution in [-0.2, 0) is 16.1 Å². The quantitative estimate of drug-likeness (QED) is 0.349. The number of nitrogens with zero attached hydrogens (tertiary/aromatic N) is 1. The predicted molar refractivity (Wildman–Crippen MR) is 114 cm³/mol. The van der Waals surface area contributed by atoms with Crippen LogP contribution in [0.25, 0.3) is 5.76 Å². The van der Waals surface area contributed by atoms with Gasteiger partial charge in [0.25, 0.3) is 11.7 Å². The average Bonchev–Trinajstić information content (AvgIpc) is 3.01. The molecule has 1 heterocycles. The van der Waals surface area contributed by atoms with Crippen LogP contribution in [0.3, 0.4) is 0 Å². The molecule has 2 N–H and O–H groups in total. The summed E-state index contributed by atoms with van der Waals surface area (Å²) in [6.07, 6.45) is 0. The number of aliphatic hydroxyl groups excluding tert-OH is 1. The van der Waals surface area contributed by atoms with Gasteiger partial charge in [-0.3, -0.25) is 9.59 Å². The zero-order valence-electron chi connectivity index (χ0n) is 16.1. The van der Waals surface area contributed by atoms with E-state index < -0.39 is 23.5 Å². The number of Topliss-reactive ketones (excluding diaryl/α,β-unsaturated/α-hetero) is 1. The van der Waals surface area contributed by atoms with Crippen LogP contribution in [-0.4, -0.2) is 26.8 Å². The van der Waals surface area contributed by atoms with Crippen molar-refractivity contribution >= 4 is 29.1 Å². The number of hydrogen-bond acceptors (Lipinski definition) is 4. The van der Waals surface area contributed by atoms with Crippen LogP contribution in [0.15, 0.2) is 78.4 Å². The second kappa shape index (κ2) is 8.24. The lowest BCUT2D eigenvalue weighted by atomic mass is 9.95. The Labute approximate surface area is 182 Å². The van der Waals surface area contributed by atoms with Gasteiger partial charge in [-0.15, -0.1) is 0 Å². The van der Waals surface area contributed by atoms with Crippen LogP contribution >= 0.6 is 11.6 Å². The monoisotopic (exact) mass is 437 g/mol. The Morgan fingerprint density at radius 1 is 0.935 bits per heavy atom. The molecule has 1 fully saturated rings. The van der Waals surface area contributed by atoms with Crippen molar-refractivity contribution in [2.24, 2.45) is 0 Å². The number of hydrogen-bond donors (Lipinski definition) is 2. The normalized spacial score (nSPS) is 17.9. The molecule has 31 heavy (non-hydrogen) atoms. The number of aromatic hydroxyl groups is 1. The molecule has 1 unspecified atom stereocenters. The maximum absolute atomic E-state index is 13.3. The van der Waals surface area contributed by atoms with E-state index in [9.17, 15) is 24.2 Å². The van der Waals surface area contributed by atoms with Crippen molar-refractivity contribution in [2.45, 2.75) is 12.6 Å². The molecule has 0 aromatic heterocycles. The number of benzene rings is 3. The zero-order chi connectivity index (χ0) is 22.1. The van der Waals surface area contributed by atoms with E-state index in [1.165, 1.54) is 41.3 Å². The summed E-state index contributed by atoms with van der Waals surface area (Å²) in [4.78, 5) is 27.2. The first-order valence-electron chi connectivity index (χ1n) is 9.43. The minimum absolute atomic E-state index is 0.0249. The number of amides is 1. The molecule has 3 aromatic rings. The SMILES string of the molecule is O=C1C(=O)N(Cc2ccc(F)cc2)C(c2ccc(O)cc2)/C1=C(/O)c1ccc(Cl)cc1. The molecule has 3 aromatic carbocycles. The van der Waals surface area contributed by atoms with Crippen LogP contribution in [0.1, 0.15) is 22.7 Å². The number of phenols is 1. The first-order chi connectivity index (χ1) is 14.8. The minimum atomic E-state index is -0.888. The van der Waals surface area contributed by atoms with E-state index in [0.717, 1.165) is 0 Å². The van der Waals surface area contributed by atoms with E-state index in [1.807, 2.05) is 0 Å². The maximum Gasteiger partial charge on any atom is 0.295 e. The van der Waals surface area contributed by atoms with Crippen molar-refractivity contribution in [1.29, 1.82) is 0 Å². The van der Waals surface area contributed by atoms with E-state index in [0.29, 0.717) is 21.7 Å². The number of phenolic OH excluding ortho intramolecular Hbond substituents is 1. The highest BCUT2D eigenvalue weighted by Gasteiger charge is 2.46. The third-order valence-corrected chi connectivity index (χ3v) is 5.38. The van der Waals surface area contributed by atoms with Gasteiger partial charge in [-0.25, -0.2) is 4.39 Å². The molecule has 0 radical (unpaired) electrons. The van der Waals surface area contributed by atoms with E-state index in [4.69, 9.17) is 11.6 Å². The van der Waals surface area contributed by atoms with Crippen molar-refractivity contribution in [3.8, 4) is 5.75 Å². The Morgan fingerprint density at radius 3 is 2.16 bits per heavy atom. The number of ketones is 1. The summed E-state index contributed by atoms with van der Waals surface area (Å²) in [5.74, 6) is -2.32. The van der Waals surface area contributed by atoms with Gasteiger partial charge in [0.05, 0.1) is 11.6 Å². The molecule has 4 rings (SSSR count). The predicted octanol–water partition coefficient (Wildman–Crippen LogP) is 4.81. The first kappa shape index (κ1) is 20.6. The van der Waals surface area contributed by atoms with Gasteiger partial charge in [0.2, 0.25) is 0 Å². The average molecular weight is 438 g/mol. The topological polar surface area (TPSA) is 77.8 Å². The molecule has 7 heteroatoms. The van der Waals surface area contributed by atoms with Gasteiger partial charge < -0.3 is 15.1 Å². The van der Waals surface area contributed by atoms with Crippen molar-refractivity contribution in [3.05, 3.63) is 106 Å². The zero-order valence-corrected chi connectivity index (χ0v) is 16.9. The summed E-state index contributed by atoms with van der Waals surface area (Å²) in [7, 11) is 0. The lowest BCUT2D eigenvalue weighted by molar-refractivity contribution is -0.140. The summed E-state index contributed by atoms with van der Waals surface area (Å²) in [6.45, 7) is 0.0355. The lowest BCUT2D eigenvalue weighted by Gasteiger charge is -2.25. The highest BCUT2D eigenvalue weighted by molar-refractivity contribution is 6.46. The Morgan fingerprint density at radius 2 is 1.55 bits per heavy atom. The van der Waals surface area contributed by atoms with Crippen molar-refractivity contribution in [3.63, 3.8) is 0 Å². The summed E-state index contributed by atoms with van der Waals surface area (Å²) in [5.41, 5.74) is 1.43. The van der Waals surface area contributed by atoms with E-state index in [-0.39, 0.29) is 23.6 Å². The fourth-order valence-electron chi connectivity index (χ4n) is 3.60. The maximum atomic E-state index is 13.3. The van der Waals surface area contributed by atoms with Gasteiger partial charge in [0, 0.05) is 17.1 Å². The second-order valence-electron chi connectivity index (χ2n) is 7.15. The number of carbonyl (C=O) groups excluding carboxylic acids is 2. The van der Waals surface area contributed by atoms with Gasteiger partial charge in [-0.05, 0) is 59.7 Å². The van der Waals surface area contributed by atoms with E-state index >= 15 is 0 Å². The Kier molecular flexibility index (Phi) is 5.48. The molecule has 0 spiro atoms. The van der Waals surface area contributed by atoms with Crippen molar-refractivity contribution in [1.82, 2.24) is 4.90 Å². The fraction of sp³-hybridized carbons (Fsp3) is 0.0833. The van der Waals surface area contributed by atoms with Gasteiger partial charge >= 0.3 is 0 Å². The van der Waals surface area contributed by atoms with E-state index in [2.05, 4.69) is 0 Å². The van der Waals surface area contributed by atoms with Crippen LogP contribution < -0.4 is 0 Å². The molecule has 0 bridgehead atoms. The largest absolute Gasteiger partial charge is 0.508 e. The molecule has 5 nitrogen and oxygen atoms in total. The third-order valence-electron chi connectivity index (χ3n) is 5.13. The summed E-state index contributed by atoms with van der Waals surface area (Å²) < 4.78 is 13.3. The van der Waals surface area contributed by atoms with Crippen LogP contribution in [0, 0.1) is 5.82 Å². The van der Waals surface area contributed by atoms with Crippen LogP contribution in [0.2, 0.25) is 5.02 Å². The summed E-state index contributed by atoms with van der Waals surface area (Å²) in [5, 5.41) is 21.1. The number of rotatable bonds is 4. The van der Waals surface area contributed by atoms with Gasteiger partial charge in [0.1, 0.15) is 17.3 Å². The third kappa shape index (κ3) is 4.02. The molecule has 1 atom stereocenters. The number of likely N-dealkylation sites (tertiary alicyclic amines) is 1. The Balaban J connectivity index is 1.84. The van der Waals surface area contributed by atoms with E-state index in [1.54, 1.807) is 36.4 Å². The molecule has 1 aliphatic rings. The van der Waals surface area contributed by atoms with Gasteiger partial charge in [-0.1, -0.05) is 35.9 Å². The molecule has 1 saturated heterocycles. The molecule has 0 aliphatic carbocycles. The number of aliphatic hydroxyl groups is 1. The van der Waals surface area contributed by atoms with Crippen LogP contribution in [0.4, 0.5) is 4.39 Å². The minimum Gasteiger partial charge on any atom is -0.508 e. The molecular weight excluding hydrogens is 421 g/mol. The lowest BCUT2D eigenvalue weighted by Crippen LogP contribution is -2.29. The fourth-order valence-corrected chi connectivity index (χ4v) is 3.72. The second-order valence-corrected chi connectivity index (χ2v) is 7.59. The van der Waals surface area contributed by atoms with Gasteiger partial charge in [-0.2, -0.15) is 0 Å². The molecule has 1 amide bonds. The number of halogens is 2. The highest BCUT2D eigenvalue weighted by atomic mass is 35.5. The highest BCUT2D eigenvalue weighted by Crippen LogP contribution is 2.40. The van der Waals surface area contributed by atoms with Crippen molar-refractivity contribution < 1.29 is 24.2 Å². The van der Waals surface area contributed by atoms with Crippen molar-refractivity contribution in [2.75, 3.05) is 0 Å². The molecule has 1 aliphatic heterocycles. The molecular formula is C24H17ClFNO4. The van der Waals surface area contributed by atoms with Crippen LogP contribution in [0.5, 0.6) is 5.75 Å². The Hall–Kier alpha value is -3.64. The summed E-state index contributed by atoms with van der Waals surface area (Å²) in [6, 6.07) is 17.0. The standard InChI is InChI=1S/C24H17ClFNO4/c25-17-7-3-16(4-8-17)22(29)20-21(15-5-11-19(28)12-6-15)27(24(31)23(20)30)13-14-1-9-18(26)10-2-14/h1-12,21,28-29H,13H2/b22-20-. The molecule has 156 valence electrons. The first-order valence-corrected chi connectivity index (χ1v) is 9.80. The number of carbonyl (C=O) groups is 2. The molecule has 0 saturated carbocycles. The summed E-state index contributed by atoms with van der Waals surface area (Å²) >= 11 is 5.91. The Bertz CT molecular complexity index is 1170. The van der Waals surface area contributed by atoms with Gasteiger partial charge in [0.15, 0.2) is 0 Å².